The van der Waals surface area contributed by atoms with Gasteiger partial charge >= 0.3 is 0 Å². The minimum atomic E-state index is -1.20. The fraction of sp³-hybridized carbons (Fsp3) is 0.333. The van der Waals surface area contributed by atoms with Gasteiger partial charge in [0.15, 0.2) is 23.1 Å². The van der Waals surface area contributed by atoms with Crippen LogP contribution in [0, 0.1) is 11.6 Å². The van der Waals surface area contributed by atoms with E-state index in [1.54, 1.807) is 6.07 Å². The van der Waals surface area contributed by atoms with Gasteiger partial charge in [-0.05, 0) is 49.9 Å². The Labute approximate surface area is 144 Å². The molecule has 0 spiro atoms. The summed E-state index contributed by atoms with van der Waals surface area (Å²) in [6, 6.07) is 5.54. The van der Waals surface area contributed by atoms with Gasteiger partial charge in [-0.2, -0.15) is 4.39 Å². The molecule has 0 atom stereocenters. The molecule has 1 saturated carbocycles. The highest BCUT2D eigenvalue weighted by molar-refractivity contribution is 6.04. The Hall–Kier alpha value is -2.70. The Bertz CT molecular complexity index is 777. The van der Waals surface area contributed by atoms with Gasteiger partial charge in [-0.3, -0.25) is 4.79 Å². The predicted octanol–water partition coefficient (Wildman–Crippen LogP) is 3.94. The molecule has 25 heavy (non-hydrogen) atoms. The number of nitrogens with one attached hydrogen (secondary N) is 1. The molecule has 0 radical (unpaired) electrons. The lowest BCUT2D eigenvalue weighted by Crippen LogP contribution is -2.16. The Morgan fingerprint density at radius 1 is 1.20 bits per heavy atom. The number of hydrogen-bond donors (Lipinski definition) is 1. The van der Waals surface area contributed by atoms with E-state index in [0.717, 1.165) is 37.9 Å². The minimum absolute atomic E-state index is 0.0922. The van der Waals surface area contributed by atoms with E-state index in [9.17, 15) is 13.6 Å². The second-order valence-corrected chi connectivity index (χ2v) is 5.80. The molecular formula is C18H18F2N2O3. The Morgan fingerprint density at radius 2 is 1.96 bits per heavy atom. The van der Waals surface area contributed by atoms with Gasteiger partial charge in [-0.15, -0.1) is 0 Å². The van der Waals surface area contributed by atoms with Crippen LogP contribution < -0.4 is 14.8 Å². The zero-order valence-corrected chi connectivity index (χ0v) is 13.7. The number of amides is 1. The number of benzene rings is 1. The highest BCUT2D eigenvalue weighted by Gasteiger charge is 2.20. The van der Waals surface area contributed by atoms with Gasteiger partial charge in [0, 0.05) is 11.8 Å². The first-order chi connectivity index (χ1) is 12.1. The summed E-state index contributed by atoms with van der Waals surface area (Å²) < 4.78 is 38.1. The van der Waals surface area contributed by atoms with E-state index < -0.39 is 23.4 Å². The third-order valence-electron chi connectivity index (χ3n) is 4.10. The molecule has 0 unspecified atom stereocenters. The average Bonchev–Trinajstić information content (AvgIpc) is 3.12. The fourth-order valence-electron chi connectivity index (χ4n) is 2.78. The summed E-state index contributed by atoms with van der Waals surface area (Å²) in [4.78, 5) is 16.0. The highest BCUT2D eigenvalue weighted by atomic mass is 19.2. The summed E-state index contributed by atoms with van der Waals surface area (Å²) in [5, 5.41) is 2.26. The first kappa shape index (κ1) is 17.1. The summed E-state index contributed by atoms with van der Waals surface area (Å²) >= 11 is 0. The number of anilines is 1. The van der Waals surface area contributed by atoms with Crippen molar-refractivity contribution in [2.75, 3.05) is 12.4 Å². The summed E-state index contributed by atoms with van der Waals surface area (Å²) in [6.07, 6.45) is 5.30. The molecular weight excluding hydrogens is 330 g/mol. The van der Waals surface area contributed by atoms with Crippen LogP contribution >= 0.6 is 0 Å². The van der Waals surface area contributed by atoms with Crippen molar-refractivity contribution in [2.24, 2.45) is 0 Å². The van der Waals surface area contributed by atoms with Crippen LogP contribution in [0.4, 0.5) is 14.6 Å². The quantitative estimate of drug-likeness (QED) is 0.889. The first-order valence-corrected chi connectivity index (χ1v) is 8.04. The van der Waals surface area contributed by atoms with E-state index in [0.29, 0.717) is 11.5 Å². The molecule has 0 aliphatic heterocycles. The van der Waals surface area contributed by atoms with Crippen molar-refractivity contribution in [1.82, 2.24) is 4.98 Å². The lowest BCUT2D eigenvalue weighted by molar-refractivity contribution is 0.102. The zero-order chi connectivity index (χ0) is 17.8. The van der Waals surface area contributed by atoms with Crippen LogP contribution in [0.3, 0.4) is 0 Å². The predicted molar refractivity (Wildman–Crippen MR) is 88.0 cm³/mol. The number of aromatic nitrogens is 1. The minimum Gasteiger partial charge on any atom is -0.493 e. The number of ether oxygens (including phenoxy) is 2. The molecule has 2 aromatic rings. The van der Waals surface area contributed by atoms with Gasteiger partial charge in [0.25, 0.3) is 5.91 Å². The van der Waals surface area contributed by atoms with Crippen LogP contribution in [-0.4, -0.2) is 24.1 Å². The number of methoxy groups -OCH3 is 1. The average molecular weight is 348 g/mol. The highest BCUT2D eigenvalue weighted by Crippen LogP contribution is 2.32. The number of carbonyl (C=O) groups excluding carboxylic acids is 1. The number of hydrogen-bond acceptors (Lipinski definition) is 4. The van der Waals surface area contributed by atoms with Crippen molar-refractivity contribution in [3.63, 3.8) is 0 Å². The van der Waals surface area contributed by atoms with Crippen LogP contribution in [0.1, 0.15) is 36.0 Å². The molecule has 3 rings (SSSR count). The molecule has 1 aliphatic carbocycles. The third-order valence-corrected chi connectivity index (χ3v) is 4.10. The topological polar surface area (TPSA) is 60.5 Å². The van der Waals surface area contributed by atoms with Crippen LogP contribution in [-0.2, 0) is 0 Å². The molecule has 1 heterocycles. The second-order valence-electron chi connectivity index (χ2n) is 5.80. The van der Waals surface area contributed by atoms with Crippen molar-refractivity contribution in [3.8, 4) is 11.5 Å². The molecule has 1 fully saturated rings. The van der Waals surface area contributed by atoms with E-state index in [4.69, 9.17) is 9.47 Å². The van der Waals surface area contributed by atoms with E-state index in [1.165, 1.54) is 19.2 Å². The molecule has 1 amide bonds. The Balaban J connectivity index is 1.81. The first-order valence-electron chi connectivity index (χ1n) is 8.04. The van der Waals surface area contributed by atoms with Crippen molar-refractivity contribution in [3.05, 3.63) is 47.7 Å². The van der Waals surface area contributed by atoms with Crippen LogP contribution in [0.15, 0.2) is 30.5 Å². The summed E-state index contributed by atoms with van der Waals surface area (Å²) in [7, 11) is 1.52. The lowest BCUT2D eigenvalue weighted by Gasteiger charge is -2.16. The monoisotopic (exact) mass is 348 g/mol. The summed E-state index contributed by atoms with van der Waals surface area (Å²) in [5.41, 5.74) is 0.235. The lowest BCUT2D eigenvalue weighted by atomic mass is 10.2. The Morgan fingerprint density at radius 3 is 2.68 bits per heavy atom. The normalized spacial score (nSPS) is 14.4. The van der Waals surface area contributed by atoms with Crippen LogP contribution in [0.5, 0.6) is 11.5 Å². The maximum absolute atomic E-state index is 13.6. The van der Waals surface area contributed by atoms with Crippen LogP contribution in [0.2, 0.25) is 0 Å². The molecule has 132 valence electrons. The third kappa shape index (κ3) is 3.87. The van der Waals surface area contributed by atoms with Crippen molar-refractivity contribution in [1.29, 1.82) is 0 Å². The van der Waals surface area contributed by atoms with E-state index >= 15 is 0 Å². The summed E-state index contributed by atoms with van der Waals surface area (Å²) in [6.45, 7) is 0. The van der Waals surface area contributed by atoms with Gasteiger partial charge in [-0.1, -0.05) is 0 Å². The largest absolute Gasteiger partial charge is 0.493 e. The molecule has 0 saturated heterocycles. The van der Waals surface area contributed by atoms with E-state index in [-0.39, 0.29) is 11.7 Å². The van der Waals surface area contributed by atoms with E-state index in [1.807, 2.05) is 0 Å². The van der Waals surface area contributed by atoms with Gasteiger partial charge in [-0.25, -0.2) is 9.37 Å². The molecule has 7 heteroatoms. The number of pyridine rings is 1. The van der Waals surface area contributed by atoms with Gasteiger partial charge in [0.1, 0.15) is 0 Å². The number of nitrogens with zero attached hydrogens (tertiary/aromatic N) is 1. The van der Waals surface area contributed by atoms with Gasteiger partial charge < -0.3 is 14.8 Å². The standard InChI is InChI=1S/C18H18F2N2O3/c1-24-14-7-6-11(10-15(14)25-12-4-2-3-5-12)18(23)22-17-16(20)13(19)8-9-21-17/h6-10,12H,2-5H2,1H3,(H,21,22,23). The Kier molecular flexibility index (Phi) is 5.11. The van der Waals surface area contributed by atoms with Crippen LogP contribution in [0.25, 0.3) is 0 Å². The number of halogens is 2. The van der Waals surface area contributed by atoms with Crippen molar-refractivity contribution < 1.29 is 23.0 Å². The second kappa shape index (κ2) is 7.46. The number of rotatable bonds is 5. The SMILES string of the molecule is COc1ccc(C(=O)Nc2nccc(F)c2F)cc1OC1CCCC1. The summed E-state index contributed by atoms with van der Waals surface area (Å²) in [5.74, 6) is -2.39. The van der Waals surface area contributed by atoms with Crippen molar-refractivity contribution >= 4 is 11.7 Å². The smallest absolute Gasteiger partial charge is 0.257 e. The van der Waals surface area contributed by atoms with Gasteiger partial charge in [0.2, 0.25) is 5.82 Å². The maximum atomic E-state index is 13.6. The molecule has 0 bridgehead atoms. The molecule has 1 N–H and O–H groups in total. The van der Waals surface area contributed by atoms with E-state index in [2.05, 4.69) is 10.3 Å². The maximum Gasteiger partial charge on any atom is 0.257 e. The van der Waals surface area contributed by atoms with Crippen molar-refractivity contribution in [2.45, 2.75) is 31.8 Å². The number of carbonyl (C=O) groups is 1. The van der Waals surface area contributed by atoms with Gasteiger partial charge in [0.05, 0.1) is 13.2 Å². The molecule has 1 aliphatic rings. The molecule has 1 aromatic heterocycles. The fourth-order valence-corrected chi connectivity index (χ4v) is 2.78. The molecule has 1 aromatic carbocycles. The zero-order valence-electron chi connectivity index (χ0n) is 13.7. The molecule has 5 nitrogen and oxygen atoms in total.